The molecule has 96 valence electrons. The minimum Gasteiger partial charge on any atom is -0.221 e. The summed E-state index contributed by atoms with van der Waals surface area (Å²) in [6.07, 6.45) is 2.53. The molecule has 3 heteroatoms. The first-order valence-electron chi connectivity index (χ1n) is 6.38. The molecule has 0 heterocycles. The van der Waals surface area contributed by atoms with Crippen LogP contribution in [0.3, 0.4) is 0 Å². The summed E-state index contributed by atoms with van der Waals surface area (Å²) in [5.74, 6) is 1.38. The first-order chi connectivity index (χ1) is 7.31. The lowest BCUT2D eigenvalue weighted by Crippen LogP contribution is -2.62. The number of quaternary nitrogens is 1. The zero-order valence-corrected chi connectivity index (χ0v) is 12.5. The fourth-order valence-corrected chi connectivity index (χ4v) is 2.67. The summed E-state index contributed by atoms with van der Waals surface area (Å²) in [4.78, 5) is 2.25. The Labute approximate surface area is 102 Å². The fourth-order valence-electron chi connectivity index (χ4n) is 2.67. The Bertz CT molecular complexity index is 242. The first kappa shape index (κ1) is 15.4. The van der Waals surface area contributed by atoms with E-state index in [1.807, 2.05) is 0 Å². The molecule has 0 saturated carbocycles. The van der Waals surface area contributed by atoms with Crippen LogP contribution in [0.2, 0.25) is 0 Å². The van der Waals surface area contributed by atoms with Crippen LogP contribution in [0.25, 0.3) is 0 Å². The Balaban J connectivity index is 5.28. The van der Waals surface area contributed by atoms with Crippen molar-refractivity contribution in [3.63, 3.8) is 0 Å². The molecule has 0 aliphatic carbocycles. The van der Waals surface area contributed by atoms with Crippen LogP contribution < -0.4 is 0 Å². The molecule has 16 heavy (non-hydrogen) atoms. The predicted octanol–water partition coefficient (Wildman–Crippen LogP) is 1.83. The third-order valence-electron chi connectivity index (χ3n) is 3.59. The van der Waals surface area contributed by atoms with Gasteiger partial charge in [-0.05, 0) is 20.3 Å². The smallest absolute Gasteiger partial charge is 0.221 e. The van der Waals surface area contributed by atoms with Crippen molar-refractivity contribution < 1.29 is 9.06 Å². The van der Waals surface area contributed by atoms with E-state index in [1.165, 1.54) is 18.8 Å². The quantitative estimate of drug-likeness (QED) is 0.308. The number of rotatable bonds is 4. The molecule has 0 amide bonds. The fraction of sp³-hybridized carbons (Fsp3) is 0.923. The van der Waals surface area contributed by atoms with E-state index in [1.54, 1.807) is 0 Å². The molecular formula is C13H31N3+2. The van der Waals surface area contributed by atoms with Gasteiger partial charge in [-0.15, -0.1) is 0 Å². The molecule has 0 N–H and O–H groups in total. The van der Waals surface area contributed by atoms with Crippen LogP contribution in [0.5, 0.6) is 0 Å². The van der Waals surface area contributed by atoms with Gasteiger partial charge in [0.1, 0.15) is 0 Å². The normalized spacial score (nSPS) is 16.5. The highest BCUT2D eigenvalue weighted by Gasteiger charge is 2.40. The van der Waals surface area contributed by atoms with Crippen LogP contribution >= 0.6 is 0 Å². The Kier molecular flexibility index (Phi) is 6.01. The zero-order chi connectivity index (χ0) is 12.9. The highest BCUT2D eigenvalue weighted by atomic mass is 15.5. The van der Waals surface area contributed by atoms with Gasteiger partial charge in [0.15, 0.2) is 0 Å². The van der Waals surface area contributed by atoms with E-state index >= 15 is 0 Å². The molecule has 0 saturated heterocycles. The van der Waals surface area contributed by atoms with Gasteiger partial charge >= 0.3 is 5.96 Å². The molecule has 0 aromatic carbocycles. The second-order valence-corrected chi connectivity index (χ2v) is 5.31. The minimum absolute atomic E-state index is 0.662. The van der Waals surface area contributed by atoms with Crippen molar-refractivity contribution in [2.75, 3.05) is 41.8 Å². The number of hydrogen-bond acceptors (Lipinski definition) is 0. The van der Waals surface area contributed by atoms with Gasteiger partial charge in [0.05, 0.1) is 47.8 Å². The van der Waals surface area contributed by atoms with Gasteiger partial charge in [-0.1, -0.05) is 13.3 Å². The molecular weight excluding hydrogens is 198 g/mol. The average Bonchev–Trinajstić information content (AvgIpc) is 2.16. The average molecular weight is 229 g/mol. The van der Waals surface area contributed by atoms with E-state index in [0.29, 0.717) is 6.04 Å². The van der Waals surface area contributed by atoms with Crippen molar-refractivity contribution in [2.24, 2.45) is 0 Å². The van der Waals surface area contributed by atoms with Crippen molar-refractivity contribution in [3.05, 3.63) is 0 Å². The Morgan fingerprint density at radius 2 is 1.75 bits per heavy atom. The van der Waals surface area contributed by atoms with Gasteiger partial charge in [0, 0.05) is 0 Å². The number of nitrogens with zero attached hydrogens (tertiary/aromatic N) is 3. The van der Waals surface area contributed by atoms with Gasteiger partial charge in [-0.25, -0.2) is 14.0 Å². The van der Waals surface area contributed by atoms with E-state index in [0.717, 1.165) is 11.0 Å². The van der Waals surface area contributed by atoms with Gasteiger partial charge in [0.2, 0.25) is 0 Å². The van der Waals surface area contributed by atoms with Crippen LogP contribution in [0, 0.1) is 0 Å². The first-order valence-corrected chi connectivity index (χ1v) is 6.38. The van der Waals surface area contributed by atoms with Gasteiger partial charge in [-0.3, -0.25) is 0 Å². The molecule has 0 fully saturated rings. The highest BCUT2D eigenvalue weighted by Crippen LogP contribution is 2.17. The largest absolute Gasteiger partial charge is 0.445 e. The molecule has 0 aliphatic heterocycles. The summed E-state index contributed by atoms with van der Waals surface area (Å²) in [6, 6.07) is 0.662. The Morgan fingerprint density at radius 1 is 1.25 bits per heavy atom. The summed E-state index contributed by atoms with van der Waals surface area (Å²) >= 11 is 0. The Hall–Kier alpha value is -0.570. The van der Waals surface area contributed by atoms with Gasteiger partial charge < -0.3 is 0 Å². The topological polar surface area (TPSA) is 6.25 Å². The third-order valence-corrected chi connectivity index (χ3v) is 3.59. The predicted molar refractivity (Wildman–Crippen MR) is 71.9 cm³/mol. The maximum absolute atomic E-state index is 2.36. The molecule has 2 atom stereocenters. The van der Waals surface area contributed by atoms with Crippen molar-refractivity contribution in [3.8, 4) is 0 Å². The second-order valence-electron chi connectivity index (χ2n) is 5.31. The van der Waals surface area contributed by atoms with E-state index in [2.05, 4.69) is 65.5 Å². The maximum atomic E-state index is 2.36. The van der Waals surface area contributed by atoms with Crippen molar-refractivity contribution in [1.29, 1.82) is 0 Å². The second kappa shape index (κ2) is 6.24. The van der Waals surface area contributed by atoms with Crippen LogP contribution in [0.1, 0.15) is 33.6 Å². The lowest BCUT2D eigenvalue weighted by atomic mass is 10.1. The lowest BCUT2D eigenvalue weighted by molar-refractivity contribution is -0.870. The highest BCUT2D eigenvalue weighted by molar-refractivity contribution is 5.67. The third kappa shape index (κ3) is 3.21. The molecule has 0 spiro atoms. The molecule has 0 radical (unpaired) electrons. The number of guanidine groups is 1. The van der Waals surface area contributed by atoms with E-state index in [4.69, 9.17) is 0 Å². The van der Waals surface area contributed by atoms with Crippen LogP contribution in [-0.2, 0) is 0 Å². The summed E-state index contributed by atoms with van der Waals surface area (Å²) in [5, 5.41) is 0. The molecule has 0 bridgehead atoms. The molecule has 0 aromatic rings. The summed E-state index contributed by atoms with van der Waals surface area (Å²) in [6.45, 7) is 8.04. The van der Waals surface area contributed by atoms with Crippen molar-refractivity contribution >= 4 is 5.96 Å². The zero-order valence-electron chi connectivity index (χ0n) is 12.5. The van der Waals surface area contributed by atoms with Crippen molar-refractivity contribution in [1.82, 2.24) is 4.90 Å². The summed E-state index contributed by atoms with van der Waals surface area (Å²) in [7, 11) is 10.9. The Morgan fingerprint density at radius 3 is 2.00 bits per heavy atom. The van der Waals surface area contributed by atoms with E-state index in [9.17, 15) is 0 Å². The van der Waals surface area contributed by atoms with E-state index in [-0.39, 0.29) is 0 Å². The van der Waals surface area contributed by atoms with Crippen LogP contribution in [0.15, 0.2) is 0 Å². The number of hydrogen-bond donors (Lipinski definition) is 0. The van der Waals surface area contributed by atoms with Crippen molar-refractivity contribution in [2.45, 2.75) is 39.7 Å². The van der Waals surface area contributed by atoms with Crippen LogP contribution in [-0.4, -0.2) is 67.7 Å². The van der Waals surface area contributed by atoms with E-state index < -0.39 is 0 Å². The molecule has 2 unspecified atom stereocenters. The molecule has 0 rings (SSSR count). The minimum atomic E-state index is 0.662. The standard InChI is InChI=1S/C13H31N3/c1-9-11-12(3)16(8,10-2)13(14(4)5)15(6)7/h12H,9-11H2,1-8H3/q+2. The summed E-state index contributed by atoms with van der Waals surface area (Å²) < 4.78 is 3.25. The molecule has 0 aliphatic rings. The van der Waals surface area contributed by atoms with Crippen LogP contribution in [0.4, 0.5) is 0 Å². The van der Waals surface area contributed by atoms with Gasteiger partial charge in [0.25, 0.3) is 0 Å². The summed E-state index contributed by atoms with van der Waals surface area (Å²) in [5.41, 5.74) is 0. The SMILES string of the molecule is CCCC(C)[N+](C)(CC)C(N(C)C)=[N+](C)C. The van der Waals surface area contributed by atoms with Gasteiger partial charge in [-0.2, -0.15) is 0 Å². The lowest BCUT2D eigenvalue weighted by Gasteiger charge is -2.37. The molecule has 0 aromatic heterocycles. The maximum Gasteiger partial charge on any atom is 0.445 e. The monoisotopic (exact) mass is 229 g/mol. The molecule has 3 nitrogen and oxygen atoms in total.